The lowest BCUT2D eigenvalue weighted by atomic mass is 11.0. The van der Waals surface area contributed by atoms with E-state index in [2.05, 4.69) is 46.2 Å². The van der Waals surface area contributed by atoms with Gasteiger partial charge in [0.05, 0.1) is 0 Å². The van der Waals surface area contributed by atoms with Crippen LogP contribution in [0.5, 0.6) is 0 Å². The molecule has 0 aliphatic carbocycles. The van der Waals surface area contributed by atoms with Crippen molar-refractivity contribution < 1.29 is 12.7 Å². The van der Waals surface area contributed by atoms with Crippen LogP contribution in [0.25, 0.3) is 0 Å². The number of hydrogen-bond donors (Lipinski definition) is 0. The average Bonchev–Trinajstić information content (AvgIpc) is 1.98. The fourth-order valence-corrected chi connectivity index (χ4v) is 11.4. The van der Waals surface area contributed by atoms with E-state index < -0.39 is 25.4 Å². The second-order valence-corrected chi connectivity index (χ2v) is 18.2. The van der Waals surface area contributed by atoms with Crippen LogP contribution in [0.4, 0.5) is 0 Å². The summed E-state index contributed by atoms with van der Waals surface area (Å²) in [7, 11) is -3.87. The third-order valence-corrected chi connectivity index (χ3v) is 10.5. The Morgan fingerprint density at radius 1 is 0.800 bits per heavy atom. The van der Waals surface area contributed by atoms with Crippen LogP contribution in [0.15, 0.2) is 0 Å². The van der Waals surface area contributed by atoms with Gasteiger partial charge in [0, 0.05) is 13.2 Å². The Labute approximate surface area is 97.8 Å². The van der Waals surface area contributed by atoms with Crippen molar-refractivity contribution in [2.24, 2.45) is 0 Å². The summed E-state index contributed by atoms with van der Waals surface area (Å²) >= 11 is 0. The van der Waals surface area contributed by atoms with Crippen molar-refractivity contribution in [2.75, 3.05) is 7.11 Å². The molecular formula is C9H26O3Si3. The van der Waals surface area contributed by atoms with Gasteiger partial charge in [-0.05, 0) is 39.3 Å². The molecule has 0 saturated carbocycles. The van der Waals surface area contributed by atoms with Gasteiger partial charge < -0.3 is 12.7 Å². The molecule has 0 aromatic carbocycles. The molecule has 0 bridgehead atoms. The van der Waals surface area contributed by atoms with Crippen LogP contribution >= 0.6 is 0 Å². The van der Waals surface area contributed by atoms with E-state index >= 15 is 0 Å². The summed E-state index contributed by atoms with van der Waals surface area (Å²) in [6.07, 6.45) is 0. The van der Waals surface area contributed by atoms with E-state index in [1.165, 1.54) is 0 Å². The van der Waals surface area contributed by atoms with Gasteiger partial charge in [-0.2, -0.15) is 0 Å². The van der Waals surface area contributed by atoms with E-state index in [-0.39, 0.29) is 0 Å². The predicted molar refractivity (Wildman–Crippen MR) is 72.1 cm³/mol. The van der Waals surface area contributed by atoms with Crippen LogP contribution in [0.3, 0.4) is 0 Å². The minimum atomic E-state index is -2.39. The Bertz CT molecular complexity index is 174. The Balaban J connectivity index is 4.74. The lowest BCUT2D eigenvalue weighted by molar-refractivity contribution is 0.201. The maximum absolute atomic E-state index is 6.17. The first-order chi connectivity index (χ1) is 6.54. The summed E-state index contributed by atoms with van der Waals surface area (Å²) in [5.74, 6) is 0. The van der Waals surface area contributed by atoms with Gasteiger partial charge in [-0.25, -0.2) is 0 Å². The molecule has 6 heteroatoms. The molecule has 0 aromatic heterocycles. The zero-order valence-electron chi connectivity index (χ0n) is 11.4. The Morgan fingerprint density at radius 3 is 1.27 bits per heavy atom. The highest BCUT2D eigenvalue weighted by molar-refractivity contribution is 6.85. The molecule has 0 N–H and O–H groups in total. The van der Waals surface area contributed by atoms with E-state index in [0.29, 0.717) is 0 Å². The van der Waals surface area contributed by atoms with Crippen molar-refractivity contribution in [3.8, 4) is 0 Å². The maximum atomic E-state index is 6.17. The molecule has 0 radical (unpaired) electrons. The molecule has 0 aliphatic rings. The Kier molecular flexibility index (Phi) is 5.43. The molecule has 0 spiro atoms. The Hall–Kier alpha value is 0.531. The van der Waals surface area contributed by atoms with Crippen LogP contribution in [0.2, 0.25) is 45.3 Å². The zero-order chi connectivity index (χ0) is 12.3. The van der Waals surface area contributed by atoms with Crippen LogP contribution in [0, 0.1) is 0 Å². The van der Waals surface area contributed by atoms with Gasteiger partial charge in [-0.15, -0.1) is 0 Å². The van der Waals surface area contributed by atoms with Crippen molar-refractivity contribution >= 4 is 25.4 Å². The van der Waals surface area contributed by atoms with Crippen LogP contribution < -0.4 is 0 Å². The Morgan fingerprint density at radius 2 is 1.13 bits per heavy atom. The van der Waals surface area contributed by atoms with Gasteiger partial charge in [-0.1, -0.05) is 6.92 Å². The highest BCUT2D eigenvalue weighted by Gasteiger charge is 2.45. The first-order valence-electron chi connectivity index (χ1n) is 5.49. The smallest absolute Gasteiger partial charge is 0.416 e. The van der Waals surface area contributed by atoms with Crippen molar-refractivity contribution in [2.45, 2.75) is 52.2 Å². The monoisotopic (exact) mass is 266 g/mol. The lowest BCUT2D eigenvalue weighted by Crippen LogP contribution is -2.55. The number of hydrogen-bond acceptors (Lipinski definition) is 3. The average molecular weight is 267 g/mol. The van der Waals surface area contributed by atoms with Crippen LogP contribution in [-0.4, -0.2) is 32.5 Å². The molecule has 0 aliphatic heterocycles. The molecule has 0 fully saturated rings. The first kappa shape index (κ1) is 15.5. The molecule has 0 amide bonds. The van der Waals surface area contributed by atoms with E-state index in [0.717, 1.165) is 6.04 Å². The molecular weight excluding hydrogens is 240 g/mol. The van der Waals surface area contributed by atoms with E-state index in [4.69, 9.17) is 12.7 Å². The molecule has 0 heterocycles. The van der Waals surface area contributed by atoms with Gasteiger partial charge >= 0.3 is 8.80 Å². The summed E-state index contributed by atoms with van der Waals surface area (Å²) < 4.78 is 17.9. The van der Waals surface area contributed by atoms with Crippen molar-refractivity contribution in [3.63, 3.8) is 0 Å². The van der Waals surface area contributed by atoms with Gasteiger partial charge in [0.2, 0.25) is 0 Å². The van der Waals surface area contributed by atoms with Crippen LogP contribution in [-0.2, 0) is 12.7 Å². The second kappa shape index (κ2) is 5.24. The minimum absolute atomic E-state index is 0.859. The van der Waals surface area contributed by atoms with E-state index in [9.17, 15) is 0 Å². The standard InChI is InChI=1S/C9H26O3Si3/c1-9-15(10-2,11-13(3,4)5)12-14(6,7)8/h9H2,1-8H3. The largest absolute Gasteiger partial charge is 0.479 e. The second-order valence-electron chi connectivity index (χ2n) is 5.67. The van der Waals surface area contributed by atoms with Gasteiger partial charge in [0.15, 0.2) is 16.6 Å². The van der Waals surface area contributed by atoms with E-state index in [1.54, 1.807) is 7.11 Å². The highest BCUT2D eigenvalue weighted by atomic mass is 28.5. The van der Waals surface area contributed by atoms with Gasteiger partial charge in [-0.3, -0.25) is 0 Å². The van der Waals surface area contributed by atoms with Crippen molar-refractivity contribution in [1.29, 1.82) is 0 Å². The predicted octanol–water partition coefficient (Wildman–Crippen LogP) is 3.29. The molecule has 3 nitrogen and oxygen atoms in total. The highest BCUT2D eigenvalue weighted by Crippen LogP contribution is 2.24. The summed E-state index contributed by atoms with van der Waals surface area (Å²) in [5.41, 5.74) is 0. The third kappa shape index (κ3) is 6.64. The minimum Gasteiger partial charge on any atom is -0.416 e. The molecule has 92 valence electrons. The fourth-order valence-electron chi connectivity index (χ4n) is 1.33. The SMILES string of the molecule is CC[Si](OC)(O[Si](C)(C)C)O[Si](C)(C)C. The van der Waals surface area contributed by atoms with Crippen LogP contribution in [0.1, 0.15) is 6.92 Å². The van der Waals surface area contributed by atoms with E-state index in [1.807, 2.05) is 0 Å². The first-order valence-corrected chi connectivity index (χ1v) is 14.2. The summed E-state index contributed by atoms with van der Waals surface area (Å²) in [4.78, 5) is 0. The molecule has 0 rings (SSSR count). The van der Waals surface area contributed by atoms with Gasteiger partial charge in [0.25, 0.3) is 0 Å². The lowest BCUT2D eigenvalue weighted by Gasteiger charge is -2.37. The summed E-state index contributed by atoms with van der Waals surface area (Å²) in [5, 5.41) is 0. The zero-order valence-corrected chi connectivity index (χ0v) is 14.4. The summed E-state index contributed by atoms with van der Waals surface area (Å²) in [6, 6.07) is 0.859. The topological polar surface area (TPSA) is 27.7 Å². The molecule has 0 atom stereocenters. The molecule has 0 saturated heterocycles. The van der Waals surface area contributed by atoms with Crippen molar-refractivity contribution in [3.05, 3.63) is 0 Å². The molecule has 15 heavy (non-hydrogen) atoms. The maximum Gasteiger partial charge on any atom is 0.479 e. The normalized spacial score (nSPS) is 14.4. The summed E-state index contributed by atoms with van der Waals surface area (Å²) in [6.45, 7) is 15.2. The van der Waals surface area contributed by atoms with Gasteiger partial charge in [0.1, 0.15) is 0 Å². The van der Waals surface area contributed by atoms with Crippen molar-refractivity contribution in [1.82, 2.24) is 0 Å². The quantitative estimate of drug-likeness (QED) is 0.691. The number of rotatable bonds is 6. The molecule has 0 unspecified atom stereocenters. The molecule has 0 aromatic rings. The third-order valence-electron chi connectivity index (χ3n) is 1.67. The fraction of sp³-hybridized carbons (Fsp3) is 1.00.